The molecule has 1 aromatic heterocycles. The zero-order valence-electron chi connectivity index (χ0n) is 16.4. The first-order valence-corrected chi connectivity index (χ1v) is 10.5. The van der Waals surface area contributed by atoms with E-state index >= 15 is 0 Å². The van der Waals surface area contributed by atoms with Gasteiger partial charge in [0, 0.05) is 0 Å². The van der Waals surface area contributed by atoms with Crippen LogP contribution < -0.4 is 5.32 Å². The lowest BCUT2D eigenvalue weighted by atomic mass is 10.00. The highest BCUT2D eigenvalue weighted by Crippen LogP contribution is 2.25. The van der Waals surface area contributed by atoms with E-state index in [1.165, 1.54) is 17.1 Å². The lowest BCUT2D eigenvalue weighted by Gasteiger charge is -2.16. The Hall–Kier alpha value is -3.12. The second-order valence-corrected chi connectivity index (χ2v) is 7.86. The Morgan fingerprint density at radius 3 is 2.69 bits per heavy atom. The van der Waals surface area contributed by atoms with Crippen LogP contribution in [0, 0.1) is 6.92 Å². The molecule has 0 saturated heterocycles. The highest BCUT2D eigenvalue weighted by atomic mass is 32.2. The molecule has 0 fully saturated rings. The average Bonchev–Trinajstić information content (AvgIpc) is 3.20. The fourth-order valence-corrected chi connectivity index (χ4v) is 4.17. The maximum atomic E-state index is 12.6. The van der Waals surface area contributed by atoms with Crippen molar-refractivity contribution in [3.63, 3.8) is 0 Å². The molecule has 6 heteroatoms. The smallest absolute Gasteiger partial charge is 0.230 e. The number of nitrogens with zero attached hydrogens (tertiary/aromatic N) is 3. The van der Waals surface area contributed by atoms with Crippen molar-refractivity contribution >= 4 is 28.4 Å². The van der Waals surface area contributed by atoms with Crippen LogP contribution in [0.1, 0.15) is 24.1 Å². The summed E-state index contributed by atoms with van der Waals surface area (Å²) in [5, 5.41) is 14.3. The van der Waals surface area contributed by atoms with E-state index in [1.54, 1.807) is 6.33 Å². The number of fused-ring (bicyclic) bond motifs is 1. The van der Waals surface area contributed by atoms with Crippen molar-refractivity contribution in [3.8, 4) is 5.69 Å². The van der Waals surface area contributed by atoms with Crippen molar-refractivity contribution in [1.29, 1.82) is 0 Å². The number of aryl methyl sites for hydroxylation is 1. The first-order valence-electron chi connectivity index (χ1n) is 9.49. The Balaban J connectivity index is 1.44. The maximum absolute atomic E-state index is 12.6. The quantitative estimate of drug-likeness (QED) is 0.475. The van der Waals surface area contributed by atoms with Crippen molar-refractivity contribution in [2.75, 3.05) is 5.75 Å². The van der Waals surface area contributed by atoms with E-state index in [2.05, 4.69) is 39.8 Å². The molecule has 1 N–H and O–H groups in total. The van der Waals surface area contributed by atoms with E-state index in [9.17, 15) is 4.79 Å². The molecule has 0 radical (unpaired) electrons. The van der Waals surface area contributed by atoms with Gasteiger partial charge in [-0.2, -0.15) is 0 Å². The van der Waals surface area contributed by atoms with E-state index in [0.717, 1.165) is 22.2 Å². The lowest BCUT2D eigenvalue weighted by Crippen LogP contribution is -2.28. The summed E-state index contributed by atoms with van der Waals surface area (Å²) in [6, 6.07) is 22.4. The molecule has 0 aliphatic carbocycles. The summed E-state index contributed by atoms with van der Waals surface area (Å²) >= 11 is 1.38. The maximum Gasteiger partial charge on any atom is 0.230 e. The number of hydrogen-bond donors (Lipinski definition) is 1. The monoisotopic (exact) mass is 402 g/mol. The summed E-state index contributed by atoms with van der Waals surface area (Å²) in [6.07, 6.45) is 1.68. The van der Waals surface area contributed by atoms with E-state index in [1.807, 2.05) is 60.9 Å². The second kappa shape index (κ2) is 8.49. The molecule has 1 atom stereocenters. The zero-order chi connectivity index (χ0) is 20.2. The van der Waals surface area contributed by atoms with E-state index < -0.39 is 0 Å². The van der Waals surface area contributed by atoms with Crippen LogP contribution in [0.25, 0.3) is 16.5 Å². The standard InChI is InChI=1S/C23H22N4OS/c1-16-8-3-6-13-21(16)27-15-24-26-23(27)29-14-22(28)25-17(2)19-12-7-10-18-9-4-5-11-20(18)19/h3-13,15,17H,14H2,1-2H3,(H,25,28)/t17-/m0/s1. The Bertz CT molecular complexity index is 1150. The van der Waals surface area contributed by atoms with Crippen LogP contribution in [-0.2, 0) is 4.79 Å². The molecular formula is C23H22N4OS. The minimum Gasteiger partial charge on any atom is -0.349 e. The minimum absolute atomic E-state index is 0.0326. The van der Waals surface area contributed by atoms with Crippen molar-refractivity contribution in [3.05, 3.63) is 84.2 Å². The molecule has 1 heterocycles. The van der Waals surface area contributed by atoms with E-state index in [-0.39, 0.29) is 17.7 Å². The normalized spacial score (nSPS) is 12.1. The van der Waals surface area contributed by atoms with Crippen LogP contribution in [0.3, 0.4) is 0 Å². The van der Waals surface area contributed by atoms with Crippen LogP contribution in [0.4, 0.5) is 0 Å². The number of amides is 1. The third-order valence-corrected chi connectivity index (χ3v) is 5.83. The topological polar surface area (TPSA) is 59.8 Å². The summed E-state index contributed by atoms with van der Waals surface area (Å²) in [4.78, 5) is 12.6. The van der Waals surface area contributed by atoms with Gasteiger partial charge in [-0.3, -0.25) is 9.36 Å². The highest BCUT2D eigenvalue weighted by Gasteiger charge is 2.15. The molecule has 0 bridgehead atoms. The molecule has 3 aromatic carbocycles. The Kier molecular flexibility index (Phi) is 5.62. The Labute approximate surface area is 174 Å². The van der Waals surface area contributed by atoms with Gasteiger partial charge in [-0.15, -0.1) is 10.2 Å². The van der Waals surface area contributed by atoms with Crippen LogP contribution in [0.5, 0.6) is 0 Å². The van der Waals surface area contributed by atoms with Crippen LogP contribution in [0.2, 0.25) is 0 Å². The van der Waals surface area contributed by atoms with Crippen molar-refractivity contribution < 1.29 is 4.79 Å². The first kappa shape index (κ1) is 19.2. The number of para-hydroxylation sites is 1. The molecule has 0 saturated carbocycles. The van der Waals surface area contributed by atoms with Crippen molar-refractivity contribution in [2.45, 2.75) is 25.0 Å². The number of aromatic nitrogens is 3. The SMILES string of the molecule is Cc1ccccc1-n1cnnc1SCC(=O)N[C@@H](C)c1cccc2ccccc12. The molecular weight excluding hydrogens is 380 g/mol. The second-order valence-electron chi connectivity index (χ2n) is 6.92. The van der Waals surface area contributed by atoms with Gasteiger partial charge in [0.2, 0.25) is 5.91 Å². The Morgan fingerprint density at radius 2 is 1.83 bits per heavy atom. The molecule has 0 unspecified atom stereocenters. The van der Waals surface area contributed by atoms with Gasteiger partial charge < -0.3 is 5.32 Å². The van der Waals surface area contributed by atoms with Crippen LogP contribution in [-0.4, -0.2) is 26.4 Å². The van der Waals surface area contributed by atoms with Crippen molar-refractivity contribution in [1.82, 2.24) is 20.1 Å². The van der Waals surface area contributed by atoms with Gasteiger partial charge in [-0.1, -0.05) is 72.4 Å². The van der Waals surface area contributed by atoms with Gasteiger partial charge in [0.05, 0.1) is 17.5 Å². The van der Waals surface area contributed by atoms with Crippen molar-refractivity contribution in [2.24, 2.45) is 0 Å². The number of carbonyl (C=O) groups is 1. The van der Waals surface area contributed by atoms with Gasteiger partial charge in [-0.05, 0) is 41.8 Å². The molecule has 29 heavy (non-hydrogen) atoms. The van der Waals surface area contributed by atoms with Gasteiger partial charge in [0.1, 0.15) is 6.33 Å². The number of benzene rings is 3. The summed E-state index contributed by atoms with van der Waals surface area (Å²) in [6.45, 7) is 4.06. The van der Waals surface area contributed by atoms with Gasteiger partial charge in [0.15, 0.2) is 5.16 Å². The molecule has 146 valence electrons. The fraction of sp³-hybridized carbons (Fsp3) is 0.174. The minimum atomic E-state index is -0.0802. The molecule has 4 rings (SSSR count). The number of thioether (sulfide) groups is 1. The third kappa shape index (κ3) is 4.17. The molecule has 4 aromatic rings. The molecule has 0 aliphatic rings. The number of carbonyl (C=O) groups excluding carboxylic acids is 1. The molecule has 0 aliphatic heterocycles. The van der Waals surface area contributed by atoms with Crippen LogP contribution >= 0.6 is 11.8 Å². The number of rotatable bonds is 6. The molecule has 0 spiro atoms. The number of nitrogens with one attached hydrogen (secondary N) is 1. The average molecular weight is 403 g/mol. The first-order chi connectivity index (χ1) is 14.1. The molecule has 5 nitrogen and oxygen atoms in total. The fourth-order valence-electron chi connectivity index (χ4n) is 3.44. The lowest BCUT2D eigenvalue weighted by molar-refractivity contribution is -0.119. The predicted molar refractivity (Wildman–Crippen MR) is 117 cm³/mol. The third-order valence-electron chi connectivity index (χ3n) is 4.89. The zero-order valence-corrected chi connectivity index (χ0v) is 17.2. The number of hydrogen-bond acceptors (Lipinski definition) is 4. The summed E-state index contributed by atoms with van der Waals surface area (Å²) in [7, 11) is 0. The van der Waals surface area contributed by atoms with Gasteiger partial charge in [-0.25, -0.2) is 0 Å². The highest BCUT2D eigenvalue weighted by molar-refractivity contribution is 7.99. The summed E-state index contributed by atoms with van der Waals surface area (Å²) < 4.78 is 1.92. The molecule has 1 amide bonds. The predicted octanol–water partition coefficient (Wildman–Crippen LogP) is 4.70. The largest absolute Gasteiger partial charge is 0.349 e. The van der Waals surface area contributed by atoms with Crippen LogP contribution in [0.15, 0.2) is 78.2 Å². The van der Waals surface area contributed by atoms with Gasteiger partial charge >= 0.3 is 0 Å². The van der Waals surface area contributed by atoms with E-state index in [4.69, 9.17) is 0 Å². The van der Waals surface area contributed by atoms with Gasteiger partial charge in [0.25, 0.3) is 0 Å². The summed E-state index contributed by atoms with van der Waals surface area (Å²) in [5.41, 5.74) is 3.26. The summed E-state index contributed by atoms with van der Waals surface area (Å²) in [5.74, 6) is 0.245. The Morgan fingerprint density at radius 1 is 1.07 bits per heavy atom. The van der Waals surface area contributed by atoms with E-state index in [0.29, 0.717) is 5.16 Å².